The maximum absolute atomic E-state index is 12.9. The van der Waals surface area contributed by atoms with E-state index in [1.54, 1.807) is 29.3 Å². The molecule has 6 nitrogen and oxygen atoms in total. The van der Waals surface area contributed by atoms with E-state index in [9.17, 15) is 14.0 Å². The molecular weight excluding hydrogens is 287 g/mol. The Morgan fingerprint density at radius 2 is 1.95 bits per heavy atom. The van der Waals surface area contributed by atoms with Crippen molar-refractivity contribution in [3.8, 4) is 5.69 Å². The summed E-state index contributed by atoms with van der Waals surface area (Å²) in [4.78, 5) is 25.3. The molecule has 22 heavy (non-hydrogen) atoms. The third-order valence-electron chi connectivity index (χ3n) is 3.50. The fourth-order valence-electron chi connectivity index (χ4n) is 2.31. The average molecular weight is 302 g/mol. The minimum absolute atomic E-state index is 0.0489. The van der Waals surface area contributed by atoms with Gasteiger partial charge in [0.2, 0.25) is 5.91 Å². The number of amides is 2. The van der Waals surface area contributed by atoms with Crippen LogP contribution >= 0.6 is 0 Å². The zero-order valence-corrected chi connectivity index (χ0v) is 11.8. The number of carbonyl (C=O) groups is 2. The predicted octanol–water partition coefficient (Wildman–Crippen LogP) is 0.974. The smallest absolute Gasteiger partial charge is 0.274 e. The van der Waals surface area contributed by atoms with Crippen LogP contribution in [0.1, 0.15) is 16.9 Å². The quantitative estimate of drug-likeness (QED) is 0.899. The van der Waals surface area contributed by atoms with Gasteiger partial charge < -0.3 is 10.2 Å². The first kappa shape index (κ1) is 14.2. The van der Waals surface area contributed by atoms with E-state index in [-0.39, 0.29) is 17.6 Å². The zero-order chi connectivity index (χ0) is 15.5. The molecule has 2 amide bonds. The Labute approximate surface area is 126 Å². The molecule has 1 N–H and O–H groups in total. The van der Waals surface area contributed by atoms with Crippen LogP contribution < -0.4 is 5.32 Å². The number of aromatic nitrogens is 2. The van der Waals surface area contributed by atoms with Gasteiger partial charge in [0.1, 0.15) is 5.82 Å². The lowest BCUT2D eigenvalue weighted by Gasteiger charge is -2.17. The Morgan fingerprint density at radius 3 is 2.73 bits per heavy atom. The van der Waals surface area contributed by atoms with Gasteiger partial charge in [0.05, 0.1) is 5.69 Å². The third kappa shape index (κ3) is 2.98. The SMILES string of the molecule is O=C1CCN(C(=O)c2ccn(-c3ccc(F)cc3)n2)CCN1. The zero-order valence-electron chi connectivity index (χ0n) is 11.8. The molecule has 1 aliphatic rings. The molecule has 114 valence electrons. The number of hydrogen-bond acceptors (Lipinski definition) is 3. The van der Waals surface area contributed by atoms with Crippen molar-refractivity contribution >= 4 is 11.8 Å². The monoisotopic (exact) mass is 302 g/mol. The molecule has 1 aliphatic heterocycles. The van der Waals surface area contributed by atoms with Crippen LogP contribution in [-0.4, -0.2) is 46.1 Å². The molecule has 1 aromatic carbocycles. The number of halogens is 1. The van der Waals surface area contributed by atoms with Gasteiger partial charge in [-0.15, -0.1) is 0 Å². The lowest BCUT2D eigenvalue weighted by molar-refractivity contribution is -0.120. The topological polar surface area (TPSA) is 67.2 Å². The summed E-state index contributed by atoms with van der Waals surface area (Å²) in [7, 11) is 0. The normalized spacial score (nSPS) is 15.3. The number of rotatable bonds is 2. The summed E-state index contributed by atoms with van der Waals surface area (Å²) in [6.45, 7) is 1.30. The van der Waals surface area contributed by atoms with Crippen molar-refractivity contribution in [1.29, 1.82) is 0 Å². The first-order valence-corrected chi connectivity index (χ1v) is 7.01. The minimum atomic E-state index is -0.325. The Bertz CT molecular complexity index is 696. The second-order valence-corrected chi connectivity index (χ2v) is 5.01. The van der Waals surface area contributed by atoms with Crippen LogP contribution in [0.25, 0.3) is 5.69 Å². The molecule has 3 rings (SSSR count). The van der Waals surface area contributed by atoms with Crippen LogP contribution in [0, 0.1) is 5.82 Å². The molecule has 1 fully saturated rings. The van der Waals surface area contributed by atoms with E-state index in [0.717, 1.165) is 0 Å². The van der Waals surface area contributed by atoms with E-state index < -0.39 is 0 Å². The van der Waals surface area contributed by atoms with Crippen LogP contribution in [0.4, 0.5) is 4.39 Å². The van der Waals surface area contributed by atoms with Gasteiger partial charge >= 0.3 is 0 Å². The summed E-state index contributed by atoms with van der Waals surface area (Å²) in [5.41, 5.74) is 0.979. The van der Waals surface area contributed by atoms with Gasteiger partial charge in [0.25, 0.3) is 5.91 Å². The molecule has 2 aromatic rings. The van der Waals surface area contributed by atoms with Crippen LogP contribution in [0.5, 0.6) is 0 Å². The summed E-state index contributed by atoms with van der Waals surface area (Å²) < 4.78 is 14.4. The Balaban J connectivity index is 1.76. The van der Waals surface area contributed by atoms with Crippen LogP contribution in [0.15, 0.2) is 36.5 Å². The van der Waals surface area contributed by atoms with Crippen molar-refractivity contribution in [3.63, 3.8) is 0 Å². The summed E-state index contributed by atoms with van der Waals surface area (Å²) in [5.74, 6) is -0.585. The van der Waals surface area contributed by atoms with Gasteiger partial charge in [-0.25, -0.2) is 9.07 Å². The van der Waals surface area contributed by atoms with Gasteiger partial charge in [-0.2, -0.15) is 5.10 Å². The standard InChI is InChI=1S/C15H15FN4O2/c16-11-1-3-12(4-2-11)20-9-5-13(18-20)15(22)19-8-6-14(21)17-7-10-19/h1-5,9H,6-8,10H2,(H,17,21). The van der Waals surface area contributed by atoms with Crippen LogP contribution in [0.3, 0.4) is 0 Å². The molecule has 0 spiro atoms. The third-order valence-corrected chi connectivity index (χ3v) is 3.50. The Kier molecular flexibility index (Phi) is 3.86. The molecule has 0 bridgehead atoms. The van der Waals surface area contributed by atoms with E-state index in [0.29, 0.717) is 37.4 Å². The second kappa shape index (κ2) is 5.97. The van der Waals surface area contributed by atoms with Crippen molar-refractivity contribution in [2.24, 2.45) is 0 Å². The fourth-order valence-corrected chi connectivity index (χ4v) is 2.31. The van der Waals surface area contributed by atoms with Gasteiger partial charge in [-0.3, -0.25) is 9.59 Å². The second-order valence-electron chi connectivity index (χ2n) is 5.01. The Hall–Kier alpha value is -2.70. The van der Waals surface area contributed by atoms with Gasteiger partial charge in [-0.1, -0.05) is 0 Å². The lowest BCUT2D eigenvalue weighted by Crippen LogP contribution is -2.34. The molecular formula is C15H15FN4O2. The molecule has 2 heterocycles. The van der Waals surface area contributed by atoms with Crippen molar-refractivity contribution < 1.29 is 14.0 Å². The number of hydrogen-bond donors (Lipinski definition) is 1. The summed E-state index contributed by atoms with van der Waals surface area (Å²) in [5, 5.41) is 6.96. The van der Waals surface area contributed by atoms with Crippen LogP contribution in [0.2, 0.25) is 0 Å². The van der Waals surface area contributed by atoms with Crippen molar-refractivity contribution in [3.05, 3.63) is 48.0 Å². The van der Waals surface area contributed by atoms with E-state index in [1.165, 1.54) is 16.8 Å². The number of benzene rings is 1. The van der Waals surface area contributed by atoms with Gasteiger partial charge in [0.15, 0.2) is 5.69 Å². The maximum Gasteiger partial charge on any atom is 0.274 e. The highest BCUT2D eigenvalue weighted by Crippen LogP contribution is 2.11. The van der Waals surface area contributed by atoms with Crippen molar-refractivity contribution in [2.75, 3.05) is 19.6 Å². The number of nitrogens with one attached hydrogen (secondary N) is 1. The van der Waals surface area contributed by atoms with Gasteiger partial charge in [-0.05, 0) is 30.3 Å². The molecule has 0 saturated carbocycles. The molecule has 0 atom stereocenters. The predicted molar refractivity (Wildman–Crippen MR) is 77.1 cm³/mol. The van der Waals surface area contributed by atoms with Crippen molar-refractivity contribution in [1.82, 2.24) is 20.0 Å². The van der Waals surface area contributed by atoms with Crippen LogP contribution in [-0.2, 0) is 4.79 Å². The first-order chi connectivity index (χ1) is 10.6. The summed E-state index contributed by atoms with van der Waals surface area (Å²) in [6.07, 6.45) is 1.95. The molecule has 0 unspecified atom stereocenters. The summed E-state index contributed by atoms with van der Waals surface area (Å²) >= 11 is 0. The fraction of sp³-hybridized carbons (Fsp3) is 0.267. The minimum Gasteiger partial charge on any atom is -0.354 e. The molecule has 0 radical (unpaired) electrons. The largest absolute Gasteiger partial charge is 0.354 e. The molecule has 1 saturated heterocycles. The van der Waals surface area contributed by atoms with E-state index in [4.69, 9.17) is 0 Å². The summed E-state index contributed by atoms with van der Waals surface area (Å²) in [6, 6.07) is 7.47. The molecule has 7 heteroatoms. The highest BCUT2D eigenvalue weighted by molar-refractivity contribution is 5.92. The maximum atomic E-state index is 12.9. The first-order valence-electron chi connectivity index (χ1n) is 7.01. The van der Waals surface area contributed by atoms with E-state index >= 15 is 0 Å². The molecule has 0 aliphatic carbocycles. The van der Waals surface area contributed by atoms with E-state index in [1.807, 2.05) is 0 Å². The highest BCUT2D eigenvalue weighted by atomic mass is 19.1. The van der Waals surface area contributed by atoms with Gasteiger partial charge in [0, 0.05) is 32.3 Å². The molecule has 1 aromatic heterocycles. The van der Waals surface area contributed by atoms with Crippen molar-refractivity contribution in [2.45, 2.75) is 6.42 Å². The number of carbonyl (C=O) groups excluding carboxylic acids is 2. The average Bonchev–Trinajstić information content (AvgIpc) is 2.90. The Morgan fingerprint density at radius 1 is 1.18 bits per heavy atom. The van der Waals surface area contributed by atoms with E-state index in [2.05, 4.69) is 10.4 Å². The number of nitrogens with zero attached hydrogens (tertiary/aromatic N) is 3. The lowest BCUT2D eigenvalue weighted by atomic mass is 10.3. The highest BCUT2D eigenvalue weighted by Gasteiger charge is 2.21.